The third-order valence-electron chi connectivity index (χ3n) is 3.16. The molecule has 18 heavy (non-hydrogen) atoms. The van der Waals surface area contributed by atoms with Crippen molar-refractivity contribution in [3.63, 3.8) is 0 Å². The first-order valence-electron chi connectivity index (χ1n) is 6.66. The van der Waals surface area contributed by atoms with Crippen molar-refractivity contribution >= 4 is 0 Å². The second kappa shape index (κ2) is 8.22. The Morgan fingerprint density at radius 3 is 2.44 bits per heavy atom. The van der Waals surface area contributed by atoms with Crippen molar-refractivity contribution in [2.75, 3.05) is 19.8 Å². The highest BCUT2D eigenvalue weighted by atomic mass is 19.1. The molecular formula is C15H24FNO. The van der Waals surface area contributed by atoms with Crippen LogP contribution in [0.2, 0.25) is 0 Å². The van der Waals surface area contributed by atoms with Crippen molar-refractivity contribution in [1.82, 2.24) is 4.90 Å². The second-order valence-electron chi connectivity index (χ2n) is 5.00. The zero-order valence-corrected chi connectivity index (χ0v) is 11.3. The Kier molecular flexibility index (Phi) is 6.91. The van der Waals surface area contributed by atoms with Crippen LogP contribution in [0.1, 0.15) is 25.8 Å². The quantitative estimate of drug-likeness (QED) is 0.770. The minimum absolute atomic E-state index is 0.399. The maximum atomic E-state index is 12.4. The highest BCUT2D eigenvalue weighted by Gasteiger charge is 2.14. The maximum absolute atomic E-state index is 12.4. The smallest absolute Gasteiger partial charge is 0.117 e. The summed E-state index contributed by atoms with van der Waals surface area (Å²) in [6.07, 6.45) is 0.217. The monoisotopic (exact) mass is 253 g/mol. The van der Waals surface area contributed by atoms with Crippen molar-refractivity contribution in [1.29, 1.82) is 0 Å². The van der Waals surface area contributed by atoms with E-state index in [1.165, 1.54) is 5.56 Å². The van der Waals surface area contributed by atoms with Gasteiger partial charge in [0.2, 0.25) is 0 Å². The topological polar surface area (TPSA) is 23.5 Å². The van der Waals surface area contributed by atoms with Gasteiger partial charge in [0.25, 0.3) is 0 Å². The Bertz CT molecular complexity index is 306. The van der Waals surface area contributed by atoms with E-state index in [0.717, 1.165) is 19.5 Å². The minimum Gasteiger partial charge on any atom is -0.389 e. The molecule has 1 aromatic carbocycles. The van der Waals surface area contributed by atoms with Crippen LogP contribution in [0.5, 0.6) is 0 Å². The number of benzene rings is 1. The molecule has 0 aromatic heterocycles. The van der Waals surface area contributed by atoms with Gasteiger partial charge in [-0.3, -0.25) is 4.90 Å². The van der Waals surface area contributed by atoms with Crippen molar-refractivity contribution in [2.24, 2.45) is 5.92 Å². The van der Waals surface area contributed by atoms with Crippen LogP contribution in [-0.4, -0.2) is 35.9 Å². The van der Waals surface area contributed by atoms with E-state index in [4.69, 9.17) is 0 Å². The van der Waals surface area contributed by atoms with Crippen LogP contribution >= 0.6 is 0 Å². The van der Waals surface area contributed by atoms with Crippen molar-refractivity contribution in [3.8, 4) is 0 Å². The first kappa shape index (κ1) is 15.1. The molecule has 0 aliphatic rings. The minimum atomic E-state index is -0.877. The summed E-state index contributed by atoms with van der Waals surface area (Å²) in [4.78, 5) is 2.13. The Balaban J connectivity index is 2.59. The molecule has 0 amide bonds. The van der Waals surface area contributed by atoms with Gasteiger partial charge in [-0.2, -0.15) is 0 Å². The summed E-state index contributed by atoms with van der Waals surface area (Å²) >= 11 is 0. The Hall–Kier alpha value is -0.930. The molecule has 1 N–H and O–H groups in total. The molecule has 0 bridgehead atoms. The first-order valence-corrected chi connectivity index (χ1v) is 6.66. The molecule has 0 spiro atoms. The van der Waals surface area contributed by atoms with E-state index in [0.29, 0.717) is 12.5 Å². The van der Waals surface area contributed by atoms with Gasteiger partial charge < -0.3 is 5.11 Å². The molecule has 3 heteroatoms. The van der Waals surface area contributed by atoms with Gasteiger partial charge in [0.15, 0.2) is 0 Å². The Morgan fingerprint density at radius 2 is 1.89 bits per heavy atom. The molecule has 2 nitrogen and oxygen atoms in total. The van der Waals surface area contributed by atoms with Crippen molar-refractivity contribution in [3.05, 3.63) is 35.9 Å². The predicted octanol–water partition coefficient (Wildman–Crippen LogP) is 2.87. The lowest BCUT2D eigenvalue weighted by atomic mass is 10.1. The van der Waals surface area contributed by atoms with Crippen LogP contribution in [0.15, 0.2) is 30.3 Å². The number of nitrogens with zero attached hydrogens (tertiary/aromatic N) is 1. The molecule has 0 heterocycles. The van der Waals surface area contributed by atoms with Gasteiger partial charge in [-0.05, 0) is 11.5 Å². The molecule has 0 saturated carbocycles. The van der Waals surface area contributed by atoms with E-state index in [1.807, 2.05) is 18.2 Å². The second-order valence-corrected chi connectivity index (χ2v) is 5.00. The summed E-state index contributed by atoms with van der Waals surface area (Å²) in [5, 5.41) is 9.48. The first-order chi connectivity index (χ1) is 8.65. The molecule has 0 radical (unpaired) electrons. The number of halogens is 1. The van der Waals surface area contributed by atoms with Crippen LogP contribution in [-0.2, 0) is 6.54 Å². The number of aliphatic hydroxyl groups excluding tert-OH is 1. The number of aliphatic hydroxyl groups is 1. The van der Waals surface area contributed by atoms with E-state index in [-0.39, 0.29) is 0 Å². The van der Waals surface area contributed by atoms with Crippen LogP contribution in [0.25, 0.3) is 0 Å². The lowest BCUT2D eigenvalue weighted by molar-refractivity contribution is 0.0795. The summed E-state index contributed by atoms with van der Waals surface area (Å²) in [7, 11) is 0. The highest BCUT2D eigenvalue weighted by molar-refractivity contribution is 5.14. The van der Waals surface area contributed by atoms with Crippen molar-refractivity contribution < 1.29 is 9.50 Å². The van der Waals surface area contributed by atoms with E-state index in [1.54, 1.807) is 0 Å². The third kappa shape index (κ3) is 5.61. The number of hydrogen-bond donors (Lipinski definition) is 1. The zero-order valence-electron chi connectivity index (χ0n) is 11.3. The summed E-state index contributed by atoms with van der Waals surface area (Å²) < 4.78 is 12.4. The fourth-order valence-electron chi connectivity index (χ4n) is 1.96. The summed E-state index contributed by atoms with van der Waals surface area (Å²) in [5.41, 5.74) is 1.20. The summed E-state index contributed by atoms with van der Waals surface area (Å²) in [5.74, 6) is 0.556. The molecule has 0 saturated heterocycles. The largest absolute Gasteiger partial charge is 0.389 e. The zero-order chi connectivity index (χ0) is 13.4. The van der Waals surface area contributed by atoms with Gasteiger partial charge in [-0.15, -0.1) is 0 Å². The SMILES string of the molecule is CCC(C)CN(Cc1ccccc1)CC(O)CF. The van der Waals surface area contributed by atoms with Gasteiger partial charge in [-0.1, -0.05) is 50.6 Å². The van der Waals surface area contributed by atoms with E-state index < -0.39 is 12.8 Å². The third-order valence-corrected chi connectivity index (χ3v) is 3.16. The molecule has 102 valence electrons. The van der Waals surface area contributed by atoms with E-state index in [9.17, 15) is 9.50 Å². The Morgan fingerprint density at radius 1 is 1.22 bits per heavy atom. The average molecular weight is 253 g/mol. The molecule has 1 aromatic rings. The van der Waals surface area contributed by atoms with Gasteiger partial charge in [0, 0.05) is 19.6 Å². The summed E-state index contributed by atoms with van der Waals surface area (Å²) in [6, 6.07) is 10.1. The Labute approximate surface area is 109 Å². The van der Waals surface area contributed by atoms with E-state index >= 15 is 0 Å². The van der Waals surface area contributed by atoms with Gasteiger partial charge >= 0.3 is 0 Å². The molecule has 0 fully saturated rings. The lowest BCUT2D eigenvalue weighted by Gasteiger charge is -2.26. The molecule has 2 unspecified atom stereocenters. The fraction of sp³-hybridized carbons (Fsp3) is 0.600. The van der Waals surface area contributed by atoms with Crippen LogP contribution in [0.3, 0.4) is 0 Å². The van der Waals surface area contributed by atoms with E-state index in [2.05, 4.69) is 30.9 Å². The highest BCUT2D eigenvalue weighted by Crippen LogP contribution is 2.10. The molecule has 2 atom stereocenters. The van der Waals surface area contributed by atoms with Gasteiger partial charge in [-0.25, -0.2) is 4.39 Å². The normalized spacial score (nSPS) is 14.7. The molecular weight excluding hydrogens is 229 g/mol. The molecule has 1 rings (SSSR count). The number of rotatable bonds is 8. The fourth-order valence-corrected chi connectivity index (χ4v) is 1.96. The number of alkyl halides is 1. The predicted molar refractivity (Wildman–Crippen MR) is 73.2 cm³/mol. The van der Waals surface area contributed by atoms with Crippen LogP contribution in [0, 0.1) is 5.92 Å². The summed E-state index contributed by atoms with van der Waals surface area (Å²) in [6.45, 7) is 5.71. The van der Waals surface area contributed by atoms with Crippen molar-refractivity contribution in [2.45, 2.75) is 32.9 Å². The maximum Gasteiger partial charge on any atom is 0.117 e. The standard InChI is InChI=1S/C15H24FNO/c1-3-13(2)10-17(12-15(18)9-16)11-14-7-5-4-6-8-14/h4-8,13,15,18H,3,9-12H2,1-2H3. The van der Waals surface area contributed by atoms with Crippen LogP contribution < -0.4 is 0 Å². The van der Waals surface area contributed by atoms with Crippen LogP contribution in [0.4, 0.5) is 4.39 Å². The molecule has 0 aliphatic heterocycles. The number of hydrogen-bond acceptors (Lipinski definition) is 2. The molecule has 0 aliphatic carbocycles. The average Bonchev–Trinajstić information content (AvgIpc) is 2.39. The lowest BCUT2D eigenvalue weighted by Crippen LogP contribution is -2.36. The van der Waals surface area contributed by atoms with Gasteiger partial charge in [0.1, 0.15) is 6.67 Å². The van der Waals surface area contributed by atoms with Gasteiger partial charge in [0.05, 0.1) is 6.10 Å².